The molecule has 100 valence electrons. The van der Waals surface area contributed by atoms with Gasteiger partial charge in [0.15, 0.2) is 5.76 Å². The maximum Gasteiger partial charge on any atom is 0.301 e. The number of thioether (sulfide) groups is 1. The average molecular weight is 298 g/mol. The minimum Gasteiger partial charge on any atom is -0.459 e. The fraction of sp³-hybridized carbons (Fsp3) is 0.0833. The van der Waals surface area contributed by atoms with Crippen molar-refractivity contribution < 1.29 is 9.21 Å². The molecule has 0 bridgehead atoms. The molecule has 0 atom stereocenters. The summed E-state index contributed by atoms with van der Waals surface area (Å²) < 4.78 is 5.10. The minimum atomic E-state index is -0.448. The van der Waals surface area contributed by atoms with Gasteiger partial charge in [-0.1, -0.05) is 11.6 Å². The third-order valence-corrected chi connectivity index (χ3v) is 3.82. The number of amides is 1. The number of halogens is 1. The predicted octanol–water partition coefficient (Wildman–Crippen LogP) is 2.41. The van der Waals surface area contributed by atoms with E-state index < -0.39 is 5.91 Å². The normalized spacial score (nSPS) is 10.4. The van der Waals surface area contributed by atoms with Crippen LogP contribution in [0.2, 0.25) is 5.02 Å². The number of carbonyl (C=O) groups excluding carboxylic acids is 1. The average Bonchev–Trinajstić information content (AvgIpc) is 2.87. The largest absolute Gasteiger partial charge is 0.459 e. The van der Waals surface area contributed by atoms with Crippen LogP contribution in [-0.4, -0.2) is 5.91 Å². The summed E-state index contributed by atoms with van der Waals surface area (Å²) in [5.41, 5.74) is 8.99. The van der Waals surface area contributed by atoms with Crippen LogP contribution in [0.3, 0.4) is 0 Å². The van der Waals surface area contributed by atoms with E-state index in [0.29, 0.717) is 16.5 Å². The second-order valence-corrected chi connectivity index (χ2v) is 5.18. The van der Waals surface area contributed by atoms with Crippen LogP contribution >= 0.6 is 23.4 Å². The van der Waals surface area contributed by atoms with Gasteiger partial charge in [-0.3, -0.25) is 10.2 Å². The summed E-state index contributed by atoms with van der Waals surface area (Å²) in [5, 5.41) is 0.511. The fourth-order valence-corrected chi connectivity index (χ4v) is 2.63. The minimum absolute atomic E-state index is 0.219. The first-order chi connectivity index (χ1) is 9.11. The van der Waals surface area contributed by atoms with Crippen molar-refractivity contribution in [1.82, 2.24) is 5.43 Å². The highest BCUT2D eigenvalue weighted by atomic mass is 35.5. The van der Waals surface area contributed by atoms with E-state index in [4.69, 9.17) is 27.6 Å². The Hall–Kier alpha value is -1.63. The maximum atomic E-state index is 11.4. The van der Waals surface area contributed by atoms with Crippen molar-refractivity contribution >= 4 is 35.0 Å². The molecular formula is C12H12ClN3O2S. The van der Waals surface area contributed by atoms with Crippen LogP contribution in [0.5, 0.6) is 0 Å². The van der Waals surface area contributed by atoms with Crippen molar-refractivity contribution in [2.75, 3.05) is 5.73 Å². The number of benzene rings is 1. The number of hydrazine groups is 1. The van der Waals surface area contributed by atoms with Crippen molar-refractivity contribution in [2.45, 2.75) is 10.6 Å². The smallest absolute Gasteiger partial charge is 0.301 e. The van der Waals surface area contributed by atoms with Crippen molar-refractivity contribution in [3.8, 4) is 0 Å². The molecule has 0 saturated heterocycles. The first-order valence-corrected chi connectivity index (χ1v) is 6.73. The molecular weight excluding hydrogens is 286 g/mol. The molecule has 0 aliphatic carbocycles. The molecule has 0 aliphatic rings. The molecule has 19 heavy (non-hydrogen) atoms. The summed E-state index contributed by atoms with van der Waals surface area (Å²) in [6, 6.07) is 7.13. The van der Waals surface area contributed by atoms with Gasteiger partial charge in [0.05, 0.1) is 17.0 Å². The Kier molecular flexibility index (Phi) is 4.36. The third-order valence-electron chi connectivity index (χ3n) is 2.45. The number of hydrogen-bond donors (Lipinski definition) is 3. The number of nitrogen functional groups attached to an aromatic ring is 2. The van der Waals surface area contributed by atoms with Gasteiger partial charge in [0.2, 0.25) is 0 Å². The molecule has 1 aromatic heterocycles. The Balaban J connectivity index is 2.08. The summed E-state index contributed by atoms with van der Waals surface area (Å²) in [5.74, 6) is 5.42. The fourth-order valence-electron chi connectivity index (χ4n) is 1.47. The zero-order valence-electron chi connectivity index (χ0n) is 9.85. The molecule has 1 aromatic carbocycles. The van der Waals surface area contributed by atoms with Gasteiger partial charge >= 0.3 is 5.91 Å². The molecule has 0 unspecified atom stereocenters. The van der Waals surface area contributed by atoms with Gasteiger partial charge in [-0.15, -0.1) is 11.8 Å². The number of anilines is 1. The Morgan fingerprint density at radius 1 is 1.42 bits per heavy atom. The molecule has 5 N–H and O–H groups in total. The monoisotopic (exact) mass is 297 g/mol. The number of hydrogen-bond acceptors (Lipinski definition) is 5. The van der Waals surface area contributed by atoms with Crippen LogP contribution in [-0.2, 0) is 5.75 Å². The van der Waals surface area contributed by atoms with Crippen LogP contribution in [0, 0.1) is 0 Å². The number of nitrogens with two attached hydrogens (primary N) is 2. The SMILES string of the molecule is NNC(=O)c1occc1CSc1ccc(N)c(Cl)c1. The quantitative estimate of drug-likeness (QED) is 0.265. The molecule has 1 amide bonds. The van der Waals surface area contributed by atoms with E-state index in [9.17, 15) is 4.79 Å². The van der Waals surface area contributed by atoms with Crippen molar-refractivity contribution in [2.24, 2.45) is 5.84 Å². The zero-order chi connectivity index (χ0) is 13.8. The van der Waals surface area contributed by atoms with Gasteiger partial charge in [-0.2, -0.15) is 0 Å². The summed E-state index contributed by atoms with van der Waals surface area (Å²) in [6.07, 6.45) is 1.45. The summed E-state index contributed by atoms with van der Waals surface area (Å²) in [7, 11) is 0. The lowest BCUT2D eigenvalue weighted by molar-refractivity contribution is 0.0925. The Morgan fingerprint density at radius 2 is 2.21 bits per heavy atom. The first-order valence-electron chi connectivity index (χ1n) is 5.37. The molecule has 0 aliphatic heterocycles. The van der Waals surface area contributed by atoms with E-state index in [0.717, 1.165) is 10.5 Å². The van der Waals surface area contributed by atoms with Crippen LogP contribution < -0.4 is 17.0 Å². The molecule has 0 radical (unpaired) electrons. The summed E-state index contributed by atoms with van der Waals surface area (Å²) in [6.45, 7) is 0. The van der Waals surface area contributed by atoms with Gasteiger partial charge in [0.25, 0.3) is 0 Å². The van der Waals surface area contributed by atoms with E-state index in [1.54, 1.807) is 18.2 Å². The molecule has 2 aromatic rings. The standard InChI is InChI=1S/C12H12ClN3O2S/c13-9-5-8(1-2-10(9)14)19-6-7-3-4-18-11(7)12(17)16-15/h1-5H,6,14-15H2,(H,16,17). The number of furan rings is 1. The lowest BCUT2D eigenvalue weighted by Gasteiger charge is -2.04. The second-order valence-electron chi connectivity index (χ2n) is 3.72. The van der Waals surface area contributed by atoms with Crippen molar-refractivity contribution in [3.05, 3.63) is 46.9 Å². The van der Waals surface area contributed by atoms with Gasteiger partial charge in [0.1, 0.15) is 0 Å². The van der Waals surface area contributed by atoms with Crippen LogP contribution in [0.25, 0.3) is 0 Å². The number of nitrogens with one attached hydrogen (secondary N) is 1. The van der Waals surface area contributed by atoms with E-state index in [1.165, 1.54) is 18.0 Å². The van der Waals surface area contributed by atoms with Gasteiger partial charge in [-0.05, 0) is 24.3 Å². The van der Waals surface area contributed by atoms with Crippen LogP contribution in [0.15, 0.2) is 39.8 Å². The van der Waals surface area contributed by atoms with Gasteiger partial charge < -0.3 is 10.2 Å². The number of rotatable bonds is 4. The van der Waals surface area contributed by atoms with E-state index >= 15 is 0 Å². The van der Waals surface area contributed by atoms with Gasteiger partial charge in [-0.25, -0.2) is 5.84 Å². The molecule has 0 spiro atoms. The van der Waals surface area contributed by atoms with Gasteiger partial charge in [0, 0.05) is 16.2 Å². The Labute approximate surface area is 119 Å². The molecule has 1 heterocycles. The zero-order valence-corrected chi connectivity index (χ0v) is 11.4. The molecule has 5 nitrogen and oxygen atoms in total. The lowest BCUT2D eigenvalue weighted by Crippen LogP contribution is -2.30. The van der Waals surface area contributed by atoms with E-state index in [2.05, 4.69) is 0 Å². The predicted molar refractivity (Wildman–Crippen MR) is 75.8 cm³/mol. The first kappa shape index (κ1) is 13.8. The Bertz CT molecular complexity index is 600. The summed E-state index contributed by atoms with van der Waals surface area (Å²) in [4.78, 5) is 12.4. The molecule has 0 saturated carbocycles. The lowest BCUT2D eigenvalue weighted by atomic mass is 10.3. The van der Waals surface area contributed by atoms with Crippen LogP contribution in [0.4, 0.5) is 5.69 Å². The summed E-state index contributed by atoms with van der Waals surface area (Å²) >= 11 is 7.46. The third kappa shape index (κ3) is 3.23. The molecule has 0 fully saturated rings. The highest BCUT2D eigenvalue weighted by molar-refractivity contribution is 7.98. The number of carbonyl (C=O) groups is 1. The van der Waals surface area contributed by atoms with Crippen molar-refractivity contribution in [1.29, 1.82) is 0 Å². The Morgan fingerprint density at radius 3 is 2.89 bits per heavy atom. The van der Waals surface area contributed by atoms with E-state index in [-0.39, 0.29) is 5.76 Å². The molecule has 7 heteroatoms. The van der Waals surface area contributed by atoms with E-state index in [1.807, 2.05) is 11.5 Å². The molecule has 2 rings (SSSR count). The van der Waals surface area contributed by atoms with Crippen molar-refractivity contribution in [3.63, 3.8) is 0 Å². The topological polar surface area (TPSA) is 94.3 Å². The highest BCUT2D eigenvalue weighted by Crippen LogP contribution is 2.29. The van der Waals surface area contributed by atoms with Crippen LogP contribution in [0.1, 0.15) is 16.1 Å². The second kappa shape index (κ2) is 6.01. The maximum absolute atomic E-state index is 11.4. The highest BCUT2D eigenvalue weighted by Gasteiger charge is 2.14.